The van der Waals surface area contributed by atoms with E-state index in [1.54, 1.807) is 12.1 Å². The minimum atomic E-state index is 0.0422. The van der Waals surface area contributed by atoms with Crippen molar-refractivity contribution in [2.45, 2.75) is 33.4 Å². The second kappa shape index (κ2) is 6.37. The van der Waals surface area contributed by atoms with Gasteiger partial charge in [-0.2, -0.15) is 0 Å². The zero-order valence-corrected chi connectivity index (χ0v) is 13.3. The highest BCUT2D eigenvalue weighted by Gasteiger charge is 2.17. The Morgan fingerprint density at radius 3 is 2.71 bits per heavy atom. The number of methoxy groups -OCH3 is 1. The highest BCUT2D eigenvalue weighted by Crippen LogP contribution is 2.33. The molecule has 2 N–H and O–H groups in total. The zero-order valence-electron chi connectivity index (χ0n) is 12.5. The van der Waals surface area contributed by atoms with Gasteiger partial charge in [-0.25, -0.2) is 0 Å². The van der Waals surface area contributed by atoms with E-state index in [-0.39, 0.29) is 11.8 Å². The number of phenols is 1. The number of rotatable bonds is 5. The third-order valence-electron chi connectivity index (χ3n) is 3.46. The molecule has 114 valence electrons. The maximum atomic E-state index is 10.1. The molecule has 0 aliphatic carbocycles. The van der Waals surface area contributed by atoms with E-state index in [0.717, 1.165) is 17.0 Å². The van der Waals surface area contributed by atoms with E-state index >= 15 is 0 Å². The van der Waals surface area contributed by atoms with Gasteiger partial charge in [0.1, 0.15) is 5.76 Å². The fraction of sp³-hybridized carbons (Fsp3) is 0.400. The van der Waals surface area contributed by atoms with Gasteiger partial charge in [0.2, 0.25) is 0 Å². The van der Waals surface area contributed by atoms with Gasteiger partial charge in [0.25, 0.3) is 0 Å². The molecule has 0 radical (unpaired) electrons. The van der Waals surface area contributed by atoms with Gasteiger partial charge >= 0.3 is 0 Å². The summed E-state index contributed by atoms with van der Waals surface area (Å²) in [6.07, 6.45) is 0. The van der Waals surface area contributed by atoms with Crippen LogP contribution in [0.2, 0.25) is 5.02 Å². The number of halogens is 1. The van der Waals surface area contributed by atoms with E-state index in [1.165, 1.54) is 7.11 Å². The fourth-order valence-electron chi connectivity index (χ4n) is 2.39. The molecule has 5 nitrogen and oxygen atoms in total. The number of nitrogens with one attached hydrogen (secondary N) is 1. The van der Waals surface area contributed by atoms with Crippen LogP contribution in [0.15, 0.2) is 16.7 Å². The van der Waals surface area contributed by atoms with Gasteiger partial charge in [0.05, 0.1) is 12.8 Å². The topological polar surface area (TPSA) is 67.5 Å². The van der Waals surface area contributed by atoms with Crippen LogP contribution in [-0.4, -0.2) is 17.4 Å². The maximum Gasteiger partial charge on any atom is 0.162 e. The minimum Gasteiger partial charge on any atom is -0.504 e. The second-order valence-electron chi connectivity index (χ2n) is 4.96. The van der Waals surface area contributed by atoms with Crippen molar-refractivity contribution in [2.24, 2.45) is 0 Å². The molecule has 0 amide bonds. The summed E-state index contributed by atoms with van der Waals surface area (Å²) in [7, 11) is 1.50. The minimum absolute atomic E-state index is 0.0422. The predicted octanol–water partition coefficient (Wildman–Crippen LogP) is 3.51. The molecule has 0 spiro atoms. The van der Waals surface area contributed by atoms with Crippen LogP contribution in [0.4, 0.5) is 0 Å². The molecule has 2 aromatic rings. The summed E-state index contributed by atoms with van der Waals surface area (Å²) in [4.78, 5) is 0. The summed E-state index contributed by atoms with van der Waals surface area (Å²) in [6, 6.07) is 3.34. The third kappa shape index (κ3) is 3.31. The Labute approximate surface area is 128 Å². The molecule has 1 aromatic heterocycles. The molecule has 0 aliphatic rings. The standard InChI is InChI=1S/C15H19ClN2O3/c1-8(14-9(2)18-21-10(14)3)17-7-11-5-12(16)6-13(20-4)15(11)19/h5-6,8,17,19H,7H2,1-4H3. The molecule has 1 atom stereocenters. The van der Waals surface area contributed by atoms with Crippen LogP contribution in [0, 0.1) is 13.8 Å². The van der Waals surface area contributed by atoms with Crippen molar-refractivity contribution in [3.05, 3.63) is 39.7 Å². The van der Waals surface area contributed by atoms with Gasteiger partial charge in [-0.15, -0.1) is 0 Å². The van der Waals surface area contributed by atoms with Crippen molar-refractivity contribution in [3.8, 4) is 11.5 Å². The molecule has 0 aliphatic heterocycles. The molecule has 1 aromatic carbocycles. The SMILES string of the molecule is COc1cc(Cl)cc(CNC(C)c2c(C)noc2C)c1O. The Bertz CT molecular complexity index is 621. The molecule has 21 heavy (non-hydrogen) atoms. The quantitative estimate of drug-likeness (QED) is 0.884. The van der Waals surface area contributed by atoms with E-state index in [0.29, 0.717) is 22.9 Å². The lowest BCUT2D eigenvalue weighted by molar-refractivity contribution is 0.369. The molecule has 0 saturated carbocycles. The normalized spacial score (nSPS) is 12.4. The maximum absolute atomic E-state index is 10.1. The Morgan fingerprint density at radius 1 is 1.43 bits per heavy atom. The van der Waals surface area contributed by atoms with Crippen LogP contribution >= 0.6 is 11.6 Å². The summed E-state index contributed by atoms with van der Waals surface area (Å²) in [5, 5.41) is 17.9. The van der Waals surface area contributed by atoms with Crippen molar-refractivity contribution in [1.82, 2.24) is 10.5 Å². The molecule has 1 unspecified atom stereocenters. The van der Waals surface area contributed by atoms with Crippen molar-refractivity contribution in [2.75, 3.05) is 7.11 Å². The van der Waals surface area contributed by atoms with Crippen molar-refractivity contribution < 1.29 is 14.4 Å². The van der Waals surface area contributed by atoms with E-state index in [1.807, 2.05) is 20.8 Å². The van der Waals surface area contributed by atoms with E-state index < -0.39 is 0 Å². The zero-order chi connectivity index (χ0) is 15.6. The molecular formula is C15H19ClN2O3. The van der Waals surface area contributed by atoms with Crippen LogP contribution < -0.4 is 10.1 Å². The lowest BCUT2D eigenvalue weighted by Gasteiger charge is -2.15. The van der Waals surface area contributed by atoms with Crippen LogP contribution in [0.25, 0.3) is 0 Å². The lowest BCUT2D eigenvalue weighted by Crippen LogP contribution is -2.19. The Hall–Kier alpha value is -1.72. The Balaban J connectivity index is 2.15. The number of nitrogens with zero attached hydrogens (tertiary/aromatic N) is 1. The summed E-state index contributed by atoms with van der Waals surface area (Å²) >= 11 is 6.02. The fourth-order valence-corrected chi connectivity index (χ4v) is 2.62. The number of aromatic nitrogens is 1. The average Bonchev–Trinajstić information content (AvgIpc) is 2.78. The molecule has 6 heteroatoms. The third-order valence-corrected chi connectivity index (χ3v) is 3.68. The van der Waals surface area contributed by atoms with Crippen LogP contribution in [0.5, 0.6) is 11.5 Å². The lowest BCUT2D eigenvalue weighted by atomic mass is 10.1. The van der Waals surface area contributed by atoms with E-state index in [9.17, 15) is 5.11 Å². The van der Waals surface area contributed by atoms with Gasteiger partial charge < -0.3 is 19.7 Å². The number of aryl methyl sites for hydroxylation is 2. The number of hydrogen-bond donors (Lipinski definition) is 2. The first kappa shape index (κ1) is 15.7. The van der Waals surface area contributed by atoms with Crippen molar-refractivity contribution >= 4 is 11.6 Å². The van der Waals surface area contributed by atoms with Crippen LogP contribution in [0.3, 0.4) is 0 Å². The second-order valence-corrected chi connectivity index (χ2v) is 5.39. The van der Waals surface area contributed by atoms with E-state index in [4.69, 9.17) is 20.9 Å². The van der Waals surface area contributed by atoms with Crippen molar-refractivity contribution in [3.63, 3.8) is 0 Å². The first-order chi connectivity index (χ1) is 9.93. The number of benzene rings is 1. The molecular weight excluding hydrogens is 292 g/mol. The Morgan fingerprint density at radius 2 is 2.14 bits per heavy atom. The van der Waals surface area contributed by atoms with Gasteiger partial charge in [0, 0.05) is 34.8 Å². The van der Waals surface area contributed by atoms with Gasteiger partial charge in [-0.05, 0) is 26.8 Å². The Kier molecular flexibility index (Phi) is 4.75. The monoisotopic (exact) mass is 310 g/mol. The molecule has 0 saturated heterocycles. The number of phenolic OH excluding ortho intramolecular Hbond substituents is 1. The number of hydrogen-bond acceptors (Lipinski definition) is 5. The smallest absolute Gasteiger partial charge is 0.162 e. The molecule has 0 fully saturated rings. The van der Waals surface area contributed by atoms with Gasteiger partial charge in [0.15, 0.2) is 11.5 Å². The molecule has 0 bridgehead atoms. The summed E-state index contributed by atoms with van der Waals surface area (Å²) in [5.41, 5.74) is 2.57. The van der Waals surface area contributed by atoms with Gasteiger partial charge in [-0.3, -0.25) is 0 Å². The van der Waals surface area contributed by atoms with E-state index in [2.05, 4.69) is 10.5 Å². The molecule has 1 heterocycles. The van der Waals surface area contributed by atoms with Crippen LogP contribution in [0.1, 0.15) is 35.5 Å². The largest absolute Gasteiger partial charge is 0.504 e. The first-order valence-corrected chi connectivity index (χ1v) is 7.03. The molecule has 2 rings (SSSR count). The predicted molar refractivity (Wildman–Crippen MR) is 80.9 cm³/mol. The summed E-state index contributed by atoms with van der Waals surface area (Å²) in [5.74, 6) is 1.25. The van der Waals surface area contributed by atoms with Gasteiger partial charge in [-0.1, -0.05) is 16.8 Å². The van der Waals surface area contributed by atoms with Crippen molar-refractivity contribution in [1.29, 1.82) is 0 Å². The first-order valence-electron chi connectivity index (χ1n) is 6.65. The summed E-state index contributed by atoms with van der Waals surface area (Å²) in [6.45, 7) is 6.26. The number of aromatic hydroxyl groups is 1. The van der Waals surface area contributed by atoms with Crippen LogP contribution in [-0.2, 0) is 6.54 Å². The average molecular weight is 311 g/mol. The number of ether oxygens (including phenoxy) is 1. The summed E-state index contributed by atoms with van der Waals surface area (Å²) < 4.78 is 10.3. The highest BCUT2D eigenvalue weighted by molar-refractivity contribution is 6.30. The highest BCUT2D eigenvalue weighted by atomic mass is 35.5.